The molecule has 4 aromatic rings. The number of primary sulfonamides is 1. The van der Waals surface area contributed by atoms with E-state index in [1.807, 2.05) is 0 Å². The van der Waals surface area contributed by atoms with E-state index in [1.54, 1.807) is 20.0 Å². The lowest BCUT2D eigenvalue weighted by atomic mass is 10.1. The highest BCUT2D eigenvalue weighted by molar-refractivity contribution is 7.89. The Balaban J connectivity index is 1.91. The van der Waals surface area contributed by atoms with E-state index < -0.39 is 38.4 Å². The first-order chi connectivity index (χ1) is 15.3. The van der Waals surface area contributed by atoms with E-state index in [9.17, 15) is 30.4 Å². The van der Waals surface area contributed by atoms with Gasteiger partial charge in [0.1, 0.15) is 11.6 Å². The summed E-state index contributed by atoms with van der Waals surface area (Å²) in [5, 5.41) is 9.10. The van der Waals surface area contributed by atoms with Crippen molar-refractivity contribution >= 4 is 20.9 Å². The van der Waals surface area contributed by atoms with Crippen LogP contribution in [-0.4, -0.2) is 27.7 Å². The second-order valence-corrected chi connectivity index (χ2v) is 9.01. The third kappa shape index (κ3) is 4.09. The minimum Gasteiger partial charge on any atom is -0.342 e. The Labute approximate surface area is 184 Å². The van der Waals surface area contributed by atoms with Crippen LogP contribution in [0.3, 0.4) is 0 Å². The van der Waals surface area contributed by atoms with Crippen molar-refractivity contribution in [2.45, 2.75) is 31.6 Å². The molecule has 0 saturated carbocycles. The van der Waals surface area contributed by atoms with E-state index >= 15 is 0 Å². The molecule has 33 heavy (non-hydrogen) atoms. The fourth-order valence-electron chi connectivity index (χ4n) is 3.64. The molecule has 0 amide bonds. The molecule has 0 aliphatic rings. The quantitative estimate of drug-likeness (QED) is 0.443. The van der Waals surface area contributed by atoms with Gasteiger partial charge in [-0.15, -0.1) is 13.2 Å². The molecule has 0 atom stereocenters. The van der Waals surface area contributed by atoms with Crippen LogP contribution in [0.5, 0.6) is 0 Å². The fraction of sp³-hybridized carbons (Fsp3) is 0.200. The Bertz CT molecular complexity index is 1480. The van der Waals surface area contributed by atoms with Crippen LogP contribution < -0.4 is 5.14 Å². The predicted octanol–water partition coefficient (Wildman–Crippen LogP) is 3.97. The summed E-state index contributed by atoms with van der Waals surface area (Å²) in [6, 6.07) is 2.40. The van der Waals surface area contributed by atoms with Gasteiger partial charge in [-0.3, -0.25) is 4.98 Å². The van der Waals surface area contributed by atoms with Gasteiger partial charge < -0.3 is 4.57 Å². The number of hydrogen-bond acceptors (Lipinski definition) is 4. The topological polar surface area (TPSA) is 95.8 Å². The zero-order valence-corrected chi connectivity index (χ0v) is 18.0. The Morgan fingerprint density at radius 2 is 1.76 bits per heavy atom. The molecule has 0 spiro atoms. The molecule has 13 heteroatoms. The van der Waals surface area contributed by atoms with Crippen LogP contribution in [0, 0.1) is 25.5 Å². The van der Waals surface area contributed by atoms with Crippen molar-refractivity contribution in [1.82, 2.24) is 19.3 Å². The average Bonchev–Trinajstić information content (AvgIpc) is 3.29. The number of sulfonamides is 1. The number of hydrogen-bond donors (Lipinski definition) is 1. The first-order valence-corrected chi connectivity index (χ1v) is 10.9. The summed E-state index contributed by atoms with van der Waals surface area (Å²) in [5.41, 5.74) is 1.21. The number of nitrogens with two attached hydrogens (primary N) is 1. The maximum absolute atomic E-state index is 14.6. The summed E-state index contributed by atoms with van der Waals surface area (Å²) < 4.78 is 92.6. The van der Waals surface area contributed by atoms with Gasteiger partial charge in [-0.05, 0) is 37.6 Å². The summed E-state index contributed by atoms with van der Waals surface area (Å²) in [6.45, 7) is 2.92. The van der Waals surface area contributed by atoms with Gasteiger partial charge >= 0.3 is 6.30 Å². The minimum atomic E-state index is -4.72. The molecule has 0 aliphatic heterocycles. The van der Waals surface area contributed by atoms with Gasteiger partial charge in [0.15, 0.2) is 0 Å². The zero-order chi connectivity index (χ0) is 24.3. The van der Waals surface area contributed by atoms with Crippen LogP contribution in [0.1, 0.15) is 16.8 Å². The monoisotopic (exact) mass is 485 g/mol. The number of aryl methyl sites for hydroxylation is 2. The Kier molecular flexibility index (Phi) is 5.28. The van der Waals surface area contributed by atoms with Gasteiger partial charge in [0.05, 0.1) is 22.7 Å². The predicted molar refractivity (Wildman–Crippen MR) is 109 cm³/mol. The van der Waals surface area contributed by atoms with E-state index in [0.29, 0.717) is 34.3 Å². The van der Waals surface area contributed by atoms with E-state index in [-0.39, 0.29) is 22.5 Å². The number of benzene rings is 1. The number of nitrogens with zero attached hydrogens (tertiary/aromatic N) is 4. The number of alkyl halides is 3. The Morgan fingerprint density at radius 3 is 2.30 bits per heavy atom. The van der Waals surface area contributed by atoms with Crippen LogP contribution in [0.4, 0.5) is 22.0 Å². The molecular weight excluding hydrogens is 469 g/mol. The molecule has 0 bridgehead atoms. The van der Waals surface area contributed by atoms with Crippen LogP contribution in [0.2, 0.25) is 0 Å². The standard InChI is InChI=1S/C20H16F5N5O2S/c1-10-8-29(9-14-15(21)5-12(6-16(14)22)33(26,31)32)19-13(10)7-27-11(2)18(19)17-3-4-30(28-17)20(23,24)25/h3-8H,9H2,1-2H3,(H2,26,31,32). The molecule has 3 aromatic heterocycles. The number of aromatic nitrogens is 4. The van der Waals surface area contributed by atoms with Crippen molar-refractivity contribution in [2.75, 3.05) is 0 Å². The fourth-order valence-corrected chi connectivity index (χ4v) is 4.18. The van der Waals surface area contributed by atoms with Crippen LogP contribution in [0.25, 0.3) is 22.2 Å². The molecule has 2 N–H and O–H groups in total. The molecule has 174 valence electrons. The largest absolute Gasteiger partial charge is 0.504 e. The molecule has 1 aromatic carbocycles. The summed E-state index contributed by atoms with van der Waals surface area (Å²) >= 11 is 0. The van der Waals surface area contributed by atoms with Gasteiger partial charge in [-0.1, -0.05) is 0 Å². The number of halogens is 5. The van der Waals surface area contributed by atoms with Crippen LogP contribution in [-0.2, 0) is 22.9 Å². The lowest BCUT2D eigenvalue weighted by Crippen LogP contribution is -2.17. The maximum atomic E-state index is 14.6. The van der Waals surface area contributed by atoms with Crippen molar-refractivity contribution < 1.29 is 30.4 Å². The maximum Gasteiger partial charge on any atom is 0.504 e. The van der Waals surface area contributed by atoms with Gasteiger partial charge in [-0.25, -0.2) is 22.3 Å². The highest BCUT2D eigenvalue weighted by Crippen LogP contribution is 2.34. The smallest absolute Gasteiger partial charge is 0.342 e. The molecule has 3 heterocycles. The normalized spacial score (nSPS) is 12.6. The molecule has 0 fully saturated rings. The Hall–Kier alpha value is -3.32. The molecule has 0 radical (unpaired) electrons. The van der Waals surface area contributed by atoms with Crippen molar-refractivity contribution in [2.24, 2.45) is 5.14 Å². The zero-order valence-electron chi connectivity index (χ0n) is 17.2. The second-order valence-electron chi connectivity index (χ2n) is 7.44. The van der Waals surface area contributed by atoms with E-state index in [2.05, 4.69) is 10.1 Å². The number of fused-ring (bicyclic) bond motifs is 1. The van der Waals surface area contributed by atoms with E-state index in [1.165, 1.54) is 16.8 Å². The number of rotatable bonds is 4. The molecule has 7 nitrogen and oxygen atoms in total. The first kappa shape index (κ1) is 22.9. The van der Waals surface area contributed by atoms with Crippen molar-refractivity contribution in [3.8, 4) is 11.3 Å². The van der Waals surface area contributed by atoms with Crippen LogP contribution >= 0.6 is 0 Å². The third-order valence-corrected chi connectivity index (χ3v) is 6.07. The van der Waals surface area contributed by atoms with E-state index in [0.717, 1.165) is 6.20 Å². The lowest BCUT2D eigenvalue weighted by molar-refractivity contribution is -0.212. The molecule has 0 aliphatic carbocycles. The molecule has 0 saturated heterocycles. The summed E-state index contributed by atoms with van der Waals surface area (Å²) in [7, 11) is -4.32. The van der Waals surface area contributed by atoms with Crippen molar-refractivity contribution in [3.63, 3.8) is 0 Å². The summed E-state index contributed by atoms with van der Waals surface area (Å²) in [6.07, 6.45) is -0.873. The van der Waals surface area contributed by atoms with Gasteiger partial charge in [0.25, 0.3) is 0 Å². The molecular formula is C20H16F5N5O2S. The van der Waals surface area contributed by atoms with Crippen molar-refractivity contribution in [3.05, 3.63) is 65.2 Å². The highest BCUT2D eigenvalue weighted by atomic mass is 32.2. The van der Waals surface area contributed by atoms with Crippen molar-refractivity contribution in [1.29, 1.82) is 0 Å². The third-order valence-electron chi connectivity index (χ3n) is 5.18. The summed E-state index contributed by atoms with van der Waals surface area (Å²) in [4.78, 5) is 3.52. The van der Waals surface area contributed by atoms with E-state index in [4.69, 9.17) is 5.14 Å². The average molecular weight is 485 g/mol. The molecule has 4 rings (SSSR count). The first-order valence-electron chi connectivity index (χ1n) is 9.36. The SMILES string of the molecule is Cc1ncc2c(C)cn(Cc3c(F)cc(S(N)(=O)=O)cc3F)c2c1-c1ccn(C(F)(F)F)n1. The minimum absolute atomic E-state index is 0.0206. The van der Waals surface area contributed by atoms with Gasteiger partial charge in [-0.2, -0.15) is 9.78 Å². The van der Waals surface area contributed by atoms with Gasteiger partial charge in [0.2, 0.25) is 10.0 Å². The number of pyridine rings is 1. The molecule has 0 unspecified atom stereocenters. The van der Waals surface area contributed by atoms with Gasteiger partial charge in [0, 0.05) is 40.8 Å². The second kappa shape index (κ2) is 7.63. The summed E-state index contributed by atoms with van der Waals surface area (Å²) in [5.74, 6) is -2.26. The highest BCUT2D eigenvalue weighted by Gasteiger charge is 2.32. The van der Waals surface area contributed by atoms with Crippen LogP contribution in [0.15, 0.2) is 41.7 Å². The Morgan fingerprint density at radius 1 is 1.12 bits per heavy atom. The lowest BCUT2D eigenvalue weighted by Gasteiger charge is -2.13.